The number of thiophene rings is 1. The lowest BCUT2D eigenvalue weighted by Gasteiger charge is -2.06. The summed E-state index contributed by atoms with van der Waals surface area (Å²) in [6, 6.07) is 1.89. The van der Waals surface area contributed by atoms with Crippen LogP contribution in [0.2, 0.25) is 0 Å². The minimum Gasteiger partial charge on any atom is -0.478 e. The summed E-state index contributed by atoms with van der Waals surface area (Å²) in [6.45, 7) is 7.58. The number of nitrogens with one attached hydrogen (secondary N) is 1. The van der Waals surface area contributed by atoms with Gasteiger partial charge in [0.05, 0.1) is 11.3 Å². The number of hydrogen-bond acceptors (Lipinski definition) is 4. The first-order valence-electron chi connectivity index (χ1n) is 7.00. The van der Waals surface area contributed by atoms with Crippen molar-refractivity contribution in [1.29, 1.82) is 0 Å². The van der Waals surface area contributed by atoms with Crippen molar-refractivity contribution in [2.75, 3.05) is 5.32 Å². The molecule has 0 aliphatic heterocycles. The van der Waals surface area contributed by atoms with Gasteiger partial charge in [-0.2, -0.15) is 5.10 Å². The fourth-order valence-corrected chi connectivity index (χ4v) is 3.61. The maximum Gasteiger partial charge on any atom is 0.339 e. The molecular weight excluding hydrogens is 302 g/mol. The molecule has 2 heterocycles. The van der Waals surface area contributed by atoms with E-state index in [4.69, 9.17) is 0 Å². The molecular formula is C15H19N3O3S. The molecule has 2 aromatic rings. The maximum absolute atomic E-state index is 12.2. The molecule has 2 N–H and O–H groups in total. The number of carboxylic acids is 1. The minimum absolute atomic E-state index is 0.0666. The van der Waals surface area contributed by atoms with Crippen LogP contribution in [0, 0.1) is 20.8 Å². The zero-order chi connectivity index (χ0) is 16.4. The number of hydrogen-bond donors (Lipinski definition) is 2. The average Bonchev–Trinajstić information content (AvgIpc) is 2.88. The summed E-state index contributed by atoms with van der Waals surface area (Å²) in [6.07, 6.45) is 0.622. The van der Waals surface area contributed by atoms with Crippen LogP contribution < -0.4 is 5.32 Å². The van der Waals surface area contributed by atoms with E-state index in [1.165, 1.54) is 11.3 Å². The molecule has 0 bridgehead atoms. The third-order valence-corrected chi connectivity index (χ3v) is 4.49. The Balaban J connectivity index is 2.22. The Bertz CT molecular complexity index is 731. The third kappa shape index (κ3) is 3.19. The van der Waals surface area contributed by atoms with Crippen LogP contribution in [0.25, 0.3) is 0 Å². The molecule has 0 saturated heterocycles. The van der Waals surface area contributed by atoms with E-state index in [9.17, 15) is 14.7 Å². The molecule has 2 rings (SSSR count). The van der Waals surface area contributed by atoms with Crippen molar-refractivity contribution in [3.63, 3.8) is 0 Å². The van der Waals surface area contributed by atoms with Crippen molar-refractivity contribution in [2.45, 2.75) is 40.7 Å². The Morgan fingerprint density at radius 2 is 2.05 bits per heavy atom. The van der Waals surface area contributed by atoms with Gasteiger partial charge in [0, 0.05) is 10.6 Å². The highest BCUT2D eigenvalue weighted by Crippen LogP contribution is 2.33. The first-order chi connectivity index (χ1) is 10.3. The van der Waals surface area contributed by atoms with Crippen LogP contribution in [0.1, 0.15) is 39.1 Å². The van der Waals surface area contributed by atoms with E-state index in [1.54, 1.807) is 4.68 Å². The van der Waals surface area contributed by atoms with Gasteiger partial charge in [0.15, 0.2) is 0 Å². The van der Waals surface area contributed by atoms with Crippen LogP contribution >= 0.6 is 11.3 Å². The number of aromatic carboxylic acids is 1. The van der Waals surface area contributed by atoms with Crippen molar-refractivity contribution >= 4 is 28.2 Å². The largest absolute Gasteiger partial charge is 0.478 e. The lowest BCUT2D eigenvalue weighted by atomic mass is 10.1. The first-order valence-corrected chi connectivity index (χ1v) is 7.81. The number of amides is 1. The molecule has 2 aromatic heterocycles. The fraction of sp³-hybridized carbons (Fsp3) is 0.400. The van der Waals surface area contributed by atoms with Crippen molar-refractivity contribution in [2.24, 2.45) is 0 Å². The van der Waals surface area contributed by atoms with E-state index >= 15 is 0 Å². The molecule has 0 aliphatic carbocycles. The smallest absolute Gasteiger partial charge is 0.339 e. The summed E-state index contributed by atoms with van der Waals surface area (Å²) in [5.41, 5.74) is 2.71. The number of rotatable bonds is 5. The molecule has 0 atom stereocenters. The van der Waals surface area contributed by atoms with E-state index in [2.05, 4.69) is 10.4 Å². The van der Waals surface area contributed by atoms with Gasteiger partial charge in [-0.1, -0.05) is 6.92 Å². The van der Waals surface area contributed by atoms with Crippen LogP contribution in [-0.2, 0) is 17.8 Å². The number of carbonyl (C=O) groups is 2. The van der Waals surface area contributed by atoms with Gasteiger partial charge in [-0.25, -0.2) is 4.79 Å². The van der Waals surface area contributed by atoms with Crippen molar-refractivity contribution < 1.29 is 14.7 Å². The van der Waals surface area contributed by atoms with Crippen molar-refractivity contribution in [1.82, 2.24) is 9.78 Å². The number of carboxylic acid groups (broad SMARTS) is 1. The van der Waals surface area contributed by atoms with Gasteiger partial charge in [-0.05, 0) is 38.8 Å². The lowest BCUT2D eigenvalue weighted by molar-refractivity contribution is -0.116. The summed E-state index contributed by atoms with van der Waals surface area (Å²) < 4.78 is 1.60. The molecule has 0 aromatic carbocycles. The second kappa shape index (κ2) is 6.31. The Hall–Kier alpha value is -2.15. The van der Waals surface area contributed by atoms with E-state index in [1.807, 2.05) is 33.8 Å². The SMILES string of the molecule is CCc1c(C)sc(NC(=O)Cn2nc(C)cc2C)c1C(=O)O. The number of nitrogens with zero attached hydrogens (tertiary/aromatic N) is 2. The van der Waals surface area contributed by atoms with Gasteiger partial charge in [0.1, 0.15) is 11.5 Å². The summed E-state index contributed by atoms with van der Waals surface area (Å²) in [5.74, 6) is -1.29. The summed E-state index contributed by atoms with van der Waals surface area (Å²) in [5, 5.41) is 16.7. The highest BCUT2D eigenvalue weighted by atomic mass is 32.1. The van der Waals surface area contributed by atoms with Gasteiger partial charge in [-0.3, -0.25) is 9.48 Å². The zero-order valence-corrected chi connectivity index (χ0v) is 13.9. The van der Waals surface area contributed by atoms with Gasteiger partial charge in [0.2, 0.25) is 5.91 Å². The average molecular weight is 321 g/mol. The van der Waals surface area contributed by atoms with Gasteiger partial charge in [0.25, 0.3) is 0 Å². The Morgan fingerprint density at radius 3 is 2.55 bits per heavy atom. The quantitative estimate of drug-likeness (QED) is 0.887. The van der Waals surface area contributed by atoms with E-state index in [0.717, 1.165) is 21.8 Å². The molecule has 0 unspecified atom stereocenters. The number of aromatic nitrogens is 2. The molecule has 118 valence electrons. The molecule has 1 amide bonds. The molecule has 0 radical (unpaired) electrons. The summed E-state index contributed by atoms with van der Waals surface area (Å²) >= 11 is 1.30. The second-order valence-electron chi connectivity index (χ2n) is 5.13. The number of aryl methyl sites for hydroxylation is 3. The van der Waals surface area contributed by atoms with Crippen LogP contribution in [0.5, 0.6) is 0 Å². The highest BCUT2D eigenvalue weighted by molar-refractivity contribution is 7.16. The monoisotopic (exact) mass is 321 g/mol. The van der Waals surface area contributed by atoms with Crippen LogP contribution in [-0.4, -0.2) is 26.8 Å². The number of carbonyl (C=O) groups excluding carboxylic acids is 1. The fourth-order valence-electron chi connectivity index (χ4n) is 2.46. The van der Waals surface area contributed by atoms with Gasteiger partial charge >= 0.3 is 5.97 Å². The van der Waals surface area contributed by atoms with Gasteiger partial charge < -0.3 is 10.4 Å². The normalized spacial score (nSPS) is 10.7. The molecule has 7 heteroatoms. The lowest BCUT2D eigenvalue weighted by Crippen LogP contribution is -2.21. The standard InChI is InChI=1S/C15H19N3O3S/c1-5-11-10(4)22-14(13(11)15(20)21)16-12(19)7-18-9(3)6-8(2)17-18/h6H,5,7H2,1-4H3,(H,16,19)(H,20,21). The molecule has 0 spiro atoms. The topological polar surface area (TPSA) is 84.2 Å². The molecule has 0 fully saturated rings. The summed E-state index contributed by atoms with van der Waals surface area (Å²) in [4.78, 5) is 24.5. The van der Waals surface area contributed by atoms with Gasteiger partial charge in [-0.15, -0.1) is 11.3 Å². The van der Waals surface area contributed by atoms with Crippen molar-refractivity contribution in [3.8, 4) is 0 Å². The zero-order valence-electron chi connectivity index (χ0n) is 13.1. The van der Waals surface area contributed by atoms with E-state index in [-0.39, 0.29) is 18.0 Å². The third-order valence-electron chi connectivity index (χ3n) is 3.43. The Labute approximate surface area is 132 Å². The summed E-state index contributed by atoms with van der Waals surface area (Å²) in [7, 11) is 0. The van der Waals surface area contributed by atoms with E-state index in [0.29, 0.717) is 11.4 Å². The highest BCUT2D eigenvalue weighted by Gasteiger charge is 2.22. The number of anilines is 1. The molecule has 0 aliphatic rings. The molecule has 0 saturated carbocycles. The van der Waals surface area contributed by atoms with Crippen LogP contribution in [0.4, 0.5) is 5.00 Å². The van der Waals surface area contributed by atoms with E-state index < -0.39 is 5.97 Å². The first kappa shape index (κ1) is 16.2. The minimum atomic E-state index is -1.01. The Kier molecular flexibility index (Phi) is 4.65. The molecule has 22 heavy (non-hydrogen) atoms. The predicted molar refractivity (Wildman–Crippen MR) is 85.7 cm³/mol. The van der Waals surface area contributed by atoms with Crippen molar-refractivity contribution in [3.05, 3.63) is 33.5 Å². The van der Waals surface area contributed by atoms with Crippen LogP contribution in [0.3, 0.4) is 0 Å². The van der Waals surface area contributed by atoms with Crippen LogP contribution in [0.15, 0.2) is 6.07 Å². The second-order valence-corrected chi connectivity index (χ2v) is 6.36. The Morgan fingerprint density at radius 1 is 1.36 bits per heavy atom. The predicted octanol–water partition coefficient (Wildman–Crippen LogP) is 2.77. The molecule has 6 nitrogen and oxygen atoms in total. The maximum atomic E-state index is 12.2.